The van der Waals surface area contributed by atoms with Crippen LogP contribution < -0.4 is 15.4 Å². The maximum Gasteiger partial charge on any atom is 0.341 e. The minimum absolute atomic E-state index is 0.0624. The molecule has 24 heavy (non-hydrogen) atoms. The Hall–Kier alpha value is -2.28. The lowest BCUT2D eigenvalue weighted by Gasteiger charge is -2.09. The van der Waals surface area contributed by atoms with E-state index in [1.807, 2.05) is 6.92 Å². The van der Waals surface area contributed by atoms with E-state index in [1.165, 1.54) is 12.1 Å². The van der Waals surface area contributed by atoms with E-state index >= 15 is 0 Å². The maximum absolute atomic E-state index is 11.8. The molecule has 1 rings (SSSR count). The topological polar surface area (TPSA) is 105 Å². The predicted molar refractivity (Wildman–Crippen MR) is 90.4 cm³/mol. The Balaban J connectivity index is 2.40. The number of hydrogen-bond acceptors (Lipinski definition) is 4. The second-order valence-corrected chi connectivity index (χ2v) is 5.49. The third kappa shape index (κ3) is 7.82. The van der Waals surface area contributed by atoms with Crippen molar-refractivity contribution in [1.29, 1.82) is 0 Å². The number of anilines is 1. The molecule has 8 heteroatoms. The monoisotopic (exact) mass is 356 g/mol. The van der Waals surface area contributed by atoms with Crippen molar-refractivity contribution >= 4 is 35.1 Å². The highest BCUT2D eigenvalue weighted by Crippen LogP contribution is 2.27. The minimum atomic E-state index is -1.11. The summed E-state index contributed by atoms with van der Waals surface area (Å²) in [5.74, 6) is -1.17. The quantitative estimate of drug-likeness (QED) is 0.597. The smallest absolute Gasteiger partial charge is 0.341 e. The Labute approximate surface area is 145 Å². The van der Waals surface area contributed by atoms with Crippen LogP contribution in [0.2, 0.25) is 5.02 Å². The van der Waals surface area contributed by atoms with Gasteiger partial charge >= 0.3 is 5.97 Å². The van der Waals surface area contributed by atoms with Crippen LogP contribution >= 0.6 is 11.6 Å². The number of hydrogen-bond donors (Lipinski definition) is 3. The number of amides is 2. The van der Waals surface area contributed by atoms with Gasteiger partial charge in [-0.15, -0.1) is 0 Å². The van der Waals surface area contributed by atoms with E-state index < -0.39 is 12.6 Å². The molecule has 0 heterocycles. The Morgan fingerprint density at radius 2 is 1.92 bits per heavy atom. The van der Waals surface area contributed by atoms with Gasteiger partial charge in [-0.1, -0.05) is 18.5 Å². The van der Waals surface area contributed by atoms with E-state index in [4.69, 9.17) is 21.4 Å². The Bertz CT molecular complexity index is 592. The average Bonchev–Trinajstić information content (AvgIpc) is 2.52. The number of carbonyl (C=O) groups is 3. The molecule has 0 fully saturated rings. The highest BCUT2D eigenvalue weighted by atomic mass is 35.5. The summed E-state index contributed by atoms with van der Waals surface area (Å²) >= 11 is 5.97. The molecule has 0 aromatic heterocycles. The van der Waals surface area contributed by atoms with Gasteiger partial charge in [0.1, 0.15) is 5.75 Å². The molecular weight excluding hydrogens is 336 g/mol. The van der Waals surface area contributed by atoms with Gasteiger partial charge in [0.15, 0.2) is 6.61 Å². The summed E-state index contributed by atoms with van der Waals surface area (Å²) in [5, 5.41) is 14.2. The van der Waals surface area contributed by atoms with Crippen molar-refractivity contribution in [1.82, 2.24) is 5.32 Å². The second kappa shape index (κ2) is 10.5. The van der Waals surface area contributed by atoms with Crippen molar-refractivity contribution in [2.75, 3.05) is 18.5 Å². The average molecular weight is 357 g/mol. The molecule has 1 aromatic rings. The number of ether oxygens (including phenoxy) is 1. The molecule has 0 bridgehead atoms. The van der Waals surface area contributed by atoms with E-state index in [-0.39, 0.29) is 29.0 Å². The first-order valence-electron chi connectivity index (χ1n) is 7.63. The number of nitrogens with one attached hydrogen (secondary N) is 2. The fourth-order valence-corrected chi connectivity index (χ4v) is 2.06. The Morgan fingerprint density at radius 1 is 1.21 bits per heavy atom. The zero-order valence-corrected chi connectivity index (χ0v) is 14.2. The Morgan fingerprint density at radius 3 is 2.54 bits per heavy atom. The van der Waals surface area contributed by atoms with Crippen LogP contribution in [0.1, 0.15) is 32.6 Å². The first-order chi connectivity index (χ1) is 11.4. The molecular formula is C16H21ClN2O5. The fraction of sp³-hybridized carbons (Fsp3) is 0.438. The van der Waals surface area contributed by atoms with Gasteiger partial charge in [0.2, 0.25) is 11.8 Å². The van der Waals surface area contributed by atoms with Crippen molar-refractivity contribution in [3.63, 3.8) is 0 Å². The van der Waals surface area contributed by atoms with Gasteiger partial charge in [0, 0.05) is 25.1 Å². The van der Waals surface area contributed by atoms with Crippen LogP contribution in [-0.4, -0.2) is 36.0 Å². The second-order valence-electron chi connectivity index (χ2n) is 5.08. The number of carboxylic acids is 1. The molecule has 7 nitrogen and oxygen atoms in total. The Kier molecular flexibility index (Phi) is 8.64. The molecule has 0 saturated carbocycles. The van der Waals surface area contributed by atoms with Crippen molar-refractivity contribution in [3.8, 4) is 5.75 Å². The molecule has 0 radical (unpaired) electrons. The van der Waals surface area contributed by atoms with E-state index in [2.05, 4.69) is 10.6 Å². The lowest BCUT2D eigenvalue weighted by Crippen LogP contribution is -2.24. The first-order valence-corrected chi connectivity index (χ1v) is 8.01. The molecule has 2 amide bonds. The summed E-state index contributed by atoms with van der Waals surface area (Å²) in [7, 11) is 0. The van der Waals surface area contributed by atoms with E-state index in [0.717, 1.165) is 6.42 Å². The van der Waals surface area contributed by atoms with Crippen molar-refractivity contribution in [3.05, 3.63) is 23.2 Å². The van der Waals surface area contributed by atoms with E-state index in [9.17, 15) is 14.4 Å². The van der Waals surface area contributed by atoms with Gasteiger partial charge in [0.05, 0.1) is 5.02 Å². The molecule has 0 spiro atoms. The number of benzene rings is 1. The summed E-state index contributed by atoms with van der Waals surface area (Å²) in [6, 6.07) is 4.53. The van der Waals surface area contributed by atoms with Gasteiger partial charge in [-0.3, -0.25) is 9.59 Å². The maximum atomic E-state index is 11.8. The van der Waals surface area contributed by atoms with Gasteiger partial charge in [0.25, 0.3) is 0 Å². The van der Waals surface area contributed by atoms with Crippen molar-refractivity contribution in [2.45, 2.75) is 32.6 Å². The molecule has 0 unspecified atom stereocenters. The number of halogens is 1. The molecule has 0 aliphatic heterocycles. The molecule has 0 aliphatic carbocycles. The molecule has 3 N–H and O–H groups in total. The lowest BCUT2D eigenvalue weighted by molar-refractivity contribution is -0.139. The third-order valence-corrected chi connectivity index (χ3v) is 3.24. The lowest BCUT2D eigenvalue weighted by atomic mass is 10.2. The van der Waals surface area contributed by atoms with Gasteiger partial charge in [-0.2, -0.15) is 0 Å². The third-order valence-electron chi connectivity index (χ3n) is 2.95. The normalized spacial score (nSPS) is 10.1. The SMILES string of the molecule is CCCNC(=O)CCCC(=O)Nc1ccc(OCC(=O)O)c(Cl)c1. The molecule has 132 valence electrons. The summed E-state index contributed by atoms with van der Waals surface area (Å²) in [6.45, 7) is 2.11. The van der Waals surface area contributed by atoms with Crippen LogP contribution in [0.15, 0.2) is 18.2 Å². The minimum Gasteiger partial charge on any atom is -0.480 e. The van der Waals surface area contributed by atoms with Gasteiger partial charge < -0.3 is 20.5 Å². The van der Waals surface area contributed by atoms with E-state index in [1.54, 1.807) is 6.07 Å². The largest absolute Gasteiger partial charge is 0.480 e. The molecule has 0 saturated heterocycles. The zero-order chi connectivity index (χ0) is 17.9. The summed E-state index contributed by atoms with van der Waals surface area (Å²) in [5.41, 5.74) is 0.475. The van der Waals surface area contributed by atoms with Crippen molar-refractivity contribution < 1.29 is 24.2 Å². The zero-order valence-electron chi connectivity index (χ0n) is 13.4. The number of carboxylic acid groups (broad SMARTS) is 1. The molecule has 0 aliphatic rings. The van der Waals surface area contributed by atoms with Crippen LogP contribution in [-0.2, 0) is 14.4 Å². The van der Waals surface area contributed by atoms with Crippen LogP contribution in [0.5, 0.6) is 5.75 Å². The number of aliphatic carboxylic acids is 1. The summed E-state index contributed by atoms with van der Waals surface area (Å²) in [4.78, 5) is 33.7. The number of rotatable bonds is 10. The van der Waals surface area contributed by atoms with Gasteiger partial charge in [-0.05, 0) is 31.0 Å². The van der Waals surface area contributed by atoms with Crippen LogP contribution in [0, 0.1) is 0 Å². The highest BCUT2D eigenvalue weighted by Gasteiger charge is 2.09. The standard InChI is InChI=1S/C16H21ClN2O5/c1-2-8-18-14(20)4-3-5-15(21)19-11-6-7-13(12(17)9-11)24-10-16(22)23/h6-7,9H,2-5,8,10H2,1H3,(H,18,20)(H,19,21)(H,22,23). The van der Waals surface area contributed by atoms with Gasteiger partial charge in [-0.25, -0.2) is 4.79 Å². The van der Waals surface area contributed by atoms with Crippen molar-refractivity contribution in [2.24, 2.45) is 0 Å². The van der Waals surface area contributed by atoms with Crippen LogP contribution in [0.4, 0.5) is 5.69 Å². The van der Waals surface area contributed by atoms with Crippen LogP contribution in [0.3, 0.4) is 0 Å². The molecule has 1 aromatic carbocycles. The molecule has 0 atom stereocenters. The first kappa shape index (κ1) is 19.8. The number of carbonyl (C=O) groups excluding carboxylic acids is 2. The summed E-state index contributed by atoms with van der Waals surface area (Å²) in [6.07, 6.45) is 1.85. The highest BCUT2D eigenvalue weighted by molar-refractivity contribution is 6.32. The predicted octanol–water partition coefficient (Wildman–Crippen LogP) is 2.44. The van der Waals surface area contributed by atoms with E-state index in [0.29, 0.717) is 25.1 Å². The van der Waals surface area contributed by atoms with Crippen LogP contribution in [0.25, 0.3) is 0 Å². The fourth-order valence-electron chi connectivity index (χ4n) is 1.82. The summed E-state index contributed by atoms with van der Waals surface area (Å²) < 4.78 is 4.99.